The number of amides is 2. The third-order valence-corrected chi connectivity index (χ3v) is 4.60. The molecule has 0 spiro atoms. The molecule has 142 valence electrons. The SMILES string of the molecule is CC(C)C(NC(=O)c1ccc([N+](=O)[O-])cc1Cl)C(=O)NC1CCCNC1. The number of hydrogen-bond acceptors (Lipinski definition) is 5. The Hall–Kier alpha value is -2.19. The first-order chi connectivity index (χ1) is 12.3. The number of halogens is 1. The molecular formula is C17H23ClN4O4. The Bertz CT molecular complexity index is 689. The van der Waals surface area contributed by atoms with Gasteiger partial charge in [0.25, 0.3) is 11.6 Å². The fourth-order valence-corrected chi connectivity index (χ4v) is 3.08. The van der Waals surface area contributed by atoms with E-state index in [4.69, 9.17) is 11.6 Å². The summed E-state index contributed by atoms with van der Waals surface area (Å²) >= 11 is 5.99. The second-order valence-corrected chi connectivity index (χ2v) is 7.08. The summed E-state index contributed by atoms with van der Waals surface area (Å²) < 4.78 is 0. The highest BCUT2D eigenvalue weighted by Gasteiger charge is 2.28. The van der Waals surface area contributed by atoms with E-state index in [2.05, 4.69) is 16.0 Å². The topological polar surface area (TPSA) is 113 Å². The van der Waals surface area contributed by atoms with Crippen LogP contribution in [-0.4, -0.2) is 41.9 Å². The number of hydrogen-bond donors (Lipinski definition) is 3. The third-order valence-electron chi connectivity index (χ3n) is 4.29. The lowest BCUT2D eigenvalue weighted by atomic mass is 10.0. The summed E-state index contributed by atoms with van der Waals surface area (Å²) in [5.74, 6) is -0.923. The molecule has 1 aliphatic rings. The fraction of sp³-hybridized carbons (Fsp3) is 0.529. The maximum absolute atomic E-state index is 12.6. The van der Waals surface area contributed by atoms with E-state index < -0.39 is 16.9 Å². The molecule has 1 aliphatic heterocycles. The molecule has 2 rings (SSSR count). The molecule has 1 saturated heterocycles. The van der Waals surface area contributed by atoms with Crippen molar-refractivity contribution in [2.75, 3.05) is 13.1 Å². The minimum absolute atomic E-state index is 0.0314. The fourth-order valence-electron chi connectivity index (χ4n) is 2.82. The molecule has 8 nitrogen and oxygen atoms in total. The van der Waals surface area contributed by atoms with Crippen LogP contribution in [0.2, 0.25) is 5.02 Å². The lowest BCUT2D eigenvalue weighted by molar-refractivity contribution is -0.384. The zero-order valence-corrected chi connectivity index (χ0v) is 15.5. The van der Waals surface area contributed by atoms with Crippen molar-refractivity contribution in [1.82, 2.24) is 16.0 Å². The van der Waals surface area contributed by atoms with Crippen LogP contribution in [0.3, 0.4) is 0 Å². The predicted octanol–water partition coefficient (Wildman–Crippen LogP) is 1.87. The molecule has 0 radical (unpaired) electrons. The third kappa shape index (κ3) is 5.15. The van der Waals surface area contributed by atoms with Gasteiger partial charge in [0, 0.05) is 24.7 Å². The van der Waals surface area contributed by atoms with Crippen LogP contribution in [-0.2, 0) is 4.79 Å². The van der Waals surface area contributed by atoms with E-state index in [1.54, 1.807) is 0 Å². The number of nitro benzene ring substituents is 1. The summed E-state index contributed by atoms with van der Waals surface area (Å²) in [6.45, 7) is 5.32. The normalized spacial score (nSPS) is 18.2. The van der Waals surface area contributed by atoms with Gasteiger partial charge in [0.1, 0.15) is 6.04 Å². The highest BCUT2D eigenvalue weighted by molar-refractivity contribution is 6.34. The number of benzene rings is 1. The minimum atomic E-state index is -0.726. The average Bonchev–Trinajstić information content (AvgIpc) is 2.59. The maximum Gasteiger partial charge on any atom is 0.270 e. The van der Waals surface area contributed by atoms with E-state index in [1.165, 1.54) is 12.1 Å². The van der Waals surface area contributed by atoms with Gasteiger partial charge in [0.15, 0.2) is 0 Å². The van der Waals surface area contributed by atoms with Crippen LogP contribution in [0.25, 0.3) is 0 Å². The lowest BCUT2D eigenvalue weighted by Crippen LogP contribution is -2.54. The number of nitrogens with one attached hydrogen (secondary N) is 3. The van der Waals surface area contributed by atoms with Crippen molar-refractivity contribution in [3.05, 3.63) is 38.9 Å². The van der Waals surface area contributed by atoms with Crippen LogP contribution in [0, 0.1) is 16.0 Å². The maximum atomic E-state index is 12.6. The van der Waals surface area contributed by atoms with E-state index in [1.807, 2.05) is 13.8 Å². The molecule has 1 aromatic carbocycles. The number of non-ortho nitro benzene ring substituents is 1. The van der Waals surface area contributed by atoms with Crippen LogP contribution >= 0.6 is 11.6 Å². The summed E-state index contributed by atoms with van der Waals surface area (Å²) in [6.07, 6.45) is 1.88. The number of piperidine rings is 1. The Morgan fingerprint density at radius 1 is 1.38 bits per heavy atom. The van der Waals surface area contributed by atoms with Gasteiger partial charge in [-0.3, -0.25) is 19.7 Å². The number of carbonyl (C=O) groups excluding carboxylic acids is 2. The zero-order valence-electron chi connectivity index (χ0n) is 14.8. The van der Waals surface area contributed by atoms with Gasteiger partial charge in [-0.1, -0.05) is 25.4 Å². The van der Waals surface area contributed by atoms with Gasteiger partial charge in [-0.2, -0.15) is 0 Å². The molecule has 1 aromatic rings. The van der Waals surface area contributed by atoms with E-state index >= 15 is 0 Å². The zero-order chi connectivity index (χ0) is 19.3. The summed E-state index contributed by atoms with van der Waals surface area (Å²) in [6, 6.07) is 2.93. The quantitative estimate of drug-likeness (QED) is 0.513. The molecule has 0 aliphatic carbocycles. The summed E-state index contributed by atoms with van der Waals surface area (Å²) in [5, 5.41) is 19.6. The van der Waals surface area contributed by atoms with Crippen molar-refractivity contribution in [2.24, 2.45) is 5.92 Å². The van der Waals surface area contributed by atoms with Gasteiger partial charge in [0.2, 0.25) is 5.91 Å². The first-order valence-corrected chi connectivity index (χ1v) is 8.93. The second kappa shape index (κ2) is 8.95. The second-order valence-electron chi connectivity index (χ2n) is 6.67. The molecule has 2 amide bonds. The Morgan fingerprint density at radius 3 is 2.65 bits per heavy atom. The first kappa shape index (κ1) is 20.1. The number of nitrogens with zero attached hydrogens (tertiary/aromatic N) is 1. The van der Waals surface area contributed by atoms with Gasteiger partial charge in [-0.15, -0.1) is 0 Å². The molecular weight excluding hydrogens is 360 g/mol. The van der Waals surface area contributed by atoms with Gasteiger partial charge in [-0.05, 0) is 31.4 Å². The smallest absolute Gasteiger partial charge is 0.270 e. The Kier molecular flexibility index (Phi) is 6.93. The largest absolute Gasteiger partial charge is 0.350 e. The van der Waals surface area contributed by atoms with E-state index in [0.29, 0.717) is 6.54 Å². The Morgan fingerprint density at radius 2 is 2.12 bits per heavy atom. The van der Waals surface area contributed by atoms with Crippen molar-refractivity contribution < 1.29 is 14.5 Å². The van der Waals surface area contributed by atoms with E-state index in [-0.39, 0.29) is 34.1 Å². The minimum Gasteiger partial charge on any atom is -0.350 e. The molecule has 9 heteroatoms. The van der Waals surface area contributed by atoms with E-state index in [0.717, 1.165) is 25.5 Å². The lowest BCUT2D eigenvalue weighted by Gasteiger charge is -2.28. The van der Waals surface area contributed by atoms with Crippen molar-refractivity contribution in [3.63, 3.8) is 0 Å². The Labute approximate surface area is 156 Å². The number of rotatable bonds is 6. The summed E-state index contributed by atoms with van der Waals surface area (Å²) in [7, 11) is 0. The van der Waals surface area contributed by atoms with Gasteiger partial charge in [0.05, 0.1) is 15.5 Å². The van der Waals surface area contributed by atoms with Crippen LogP contribution in [0.15, 0.2) is 18.2 Å². The van der Waals surface area contributed by atoms with Crippen LogP contribution < -0.4 is 16.0 Å². The van der Waals surface area contributed by atoms with Crippen molar-refractivity contribution in [1.29, 1.82) is 0 Å². The first-order valence-electron chi connectivity index (χ1n) is 8.55. The standard InChI is InChI=1S/C17H23ClN4O4/c1-10(2)15(17(24)20-11-4-3-7-19-9-11)21-16(23)13-6-5-12(22(25)26)8-14(13)18/h5-6,8,10-11,15,19H,3-4,7,9H2,1-2H3,(H,20,24)(H,21,23). The number of carbonyl (C=O) groups is 2. The molecule has 0 bridgehead atoms. The monoisotopic (exact) mass is 382 g/mol. The summed E-state index contributed by atoms with van der Waals surface area (Å²) in [4.78, 5) is 35.3. The molecule has 26 heavy (non-hydrogen) atoms. The highest BCUT2D eigenvalue weighted by Crippen LogP contribution is 2.22. The van der Waals surface area contributed by atoms with E-state index in [9.17, 15) is 19.7 Å². The van der Waals surface area contributed by atoms with Gasteiger partial charge in [-0.25, -0.2) is 0 Å². The predicted molar refractivity (Wildman–Crippen MR) is 98.2 cm³/mol. The van der Waals surface area contributed by atoms with Crippen molar-refractivity contribution in [2.45, 2.75) is 38.8 Å². The number of nitro groups is 1. The molecule has 2 atom stereocenters. The molecule has 2 unspecified atom stereocenters. The highest BCUT2D eigenvalue weighted by atomic mass is 35.5. The van der Waals surface area contributed by atoms with Crippen LogP contribution in [0.5, 0.6) is 0 Å². The van der Waals surface area contributed by atoms with Gasteiger partial charge >= 0.3 is 0 Å². The molecule has 1 fully saturated rings. The van der Waals surface area contributed by atoms with Crippen molar-refractivity contribution in [3.8, 4) is 0 Å². The molecule has 1 heterocycles. The van der Waals surface area contributed by atoms with Gasteiger partial charge < -0.3 is 16.0 Å². The molecule has 0 aromatic heterocycles. The summed E-state index contributed by atoms with van der Waals surface area (Å²) in [5.41, 5.74) is -0.107. The average molecular weight is 383 g/mol. The van der Waals surface area contributed by atoms with Crippen molar-refractivity contribution >= 4 is 29.1 Å². The molecule has 0 saturated carbocycles. The molecule has 3 N–H and O–H groups in total. The Balaban J connectivity index is 2.07. The van der Waals surface area contributed by atoms with Crippen LogP contribution in [0.4, 0.5) is 5.69 Å². The van der Waals surface area contributed by atoms with Crippen LogP contribution in [0.1, 0.15) is 37.0 Å².